The zero-order valence-corrected chi connectivity index (χ0v) is 13.5. The standard InChI is InChI=1S/C17H34N2/c1-5-18-15-7-10-16(11-8-15)19(4)17-9-6-13(2)14(3)12-17/h13-18H,5-12H2,1-4H3. The maximum atomic E-state index is 3.62. The molecule has 1 N–H and O–H groups in total. The Morgan fingerprint density at radius 2 is 1.53 bits per heavy atom. The smallest absolute Gasteiger partial charge is 0.00978 e. The average Bonchev–Trinajstić information content (AvgIpc) is 2.42. The van der Waals surface area contributed by atoms with Gasteiger partial charge in [-0.15, -0.1) is 0 Å². The van der Waals surface area contributed by atoms with E-state index in [1.807, 2.05) is 0 Å². The normalized spacial score (nSPS) is 40.6. The zero-order valence-electron chi connectivity index (χ0n) is 13.5. The van der Waals surface area contributed by atoms with E-state index in [9.17, 15) is 0 Å². The molecule has 0 radical (unpaired) electrons. The van der Waals surface area contributed by atoms with Gasteiger partial charge < -0.3 is 10.2 Å². The Balaban J connectivity index is 1.79. The summed E-state index contributed by atoms with van der Waals surface area (Å²) in [6.07, 6.45) is 9.83. The molecule has 2 nitrogen and oxygen atoms in total. The Morgan fingerprint density at radius 3 is 2.11 bits per heavy atom. The molecule has 2 aliphatic carbocycles. The predicted molar refractivity (Wildman–Crippen MR) is 83.5 cm³/mol. The summed E-state index contributed by atoms with van der Waals surface area (Å²) in [5.41, 5.74) is 0. The third kappa shape index (κ3) is 3.95. The van der Waals surface area contributed by atoms with Crippen molar-refractivity contribution < 1.29 is 0 Å². The van der Waals surface area contributed by atoms with E-state index in [1.54, 1.807) is 0 Å². The first-order valence-corrected chi connectivity index (χ1v) is 8.57. The average molecular weight is 266 g/mol. The first-order valence-electron chi connectivity index (χ1n) is 8.57. The summed E-state index contributed by atoms with van der Waals surface area (Å²) in [5.74, 6) is 1.86. The van der Waals surface area contributed by atoms with Crippen molar-refractivity contribution >= 4 is 0 Å². The van der Waals surface area contributed by atoms with E-state index in [-0.39, 0.29) is 0 Å². The number of rotatable bonds is 4. The highest BCUT2D eigenvalue weighted by Gasteiger charge is 2.31. The number of nitrogens with one attached hydrogen (secondary N) is 1. The lowest BCUT2D eigenvalue weighted by Crippen LogP contribution is -2.47. The lowest BCUT2D eigenvalue weighted by atomic mass is 9.77. The van der Waals surface area contributed by atoms with Crippen LogP contribution in [0, 0.1) is 11.8 Å². The molecule has 0 saturated heterocycles. The van der Waals surface area contributed by atoms with E-state index in [1.165, 1.54) is 44.9 Å². The first kappa shape index (κ1) is 15.3. The highest BCUT2D eigenvalue weighted by molar-refractivity contribution is 4.87. The van der Waals surface area contributed by atoms with Gasteiger partial charge in [0.1, 0.15) is 0 Å². The Labute approximate surface area is 120 Å². The van der Waals surface area contributed by atoms with E-state index in [0.717, 1.165) is 36.5 Å². The Hall–Kier alpha value is -0.0800. The van der Waals surface area contributed by atoms with E-state index in [4.69, 9.17) is 0 Å². The molecule has 0 aromatic heterocycles. The van der Waals surface area contributed by atoms with Crippen molar-refractivity contribution in [2.24, 2.45) is 11.8 Å². The lowest BCUT2D eigenvalue weighted by Gasteiger charge is -2.43. The first-order chi connectivity index (χ1) is 9.11. The lowest BCUT2D eigenvalue weighted by molar-refractivity contribution is 0.0737. The van der Waals surface area contributed by atoms with Gasteiger partial charge in [0.05, 0.1) is 0 Å². The number of hydrogen-bond donors (Lipinski definition) is 1. The maximum Gasteiger partial charge on any atom is 0.00978 e. The fraction of sp³-hybridized carbons (Fsp3) is 1.00. The van der Waals surface area contributed by atoms with Gasteiger partial charge in [0.15, 0.2) is 0 Å². The van der Waals surface area contributed by atoms with Crippen molar-refractivity contribution in [2.75, 3.05) is 13.6 Å². The molecule has 112 valence electrons. The van der Waals surface area contributed by atoms with Gasteiger partial charge in [-0.25, -0.2) is 0 Å². The molecule has 0 amide bonds. The van der Waals surface area contributed by atoms with Crippen LogP contribution in [0.2, 0.25) is 0 Å². The molecule has 2 aliphatic rings. The van der Waals surface area contributed by atoms with Crippen LogP contribution in [0.4, 0.5) is 0 Å². The second kappa shape index (κ2) is 7.08. The predicted octanol–water partition coefficient (Wildman–Crippen LogP) is 3.66. The molecule has 2 saturated carbocycles. The molecule has 2 rings (SSSR count). The molecule has 0 aliphatic heterocycles. The Kier molecular flexibility index (Phi) is 5.70. The molecule has 0 aromatic rings. The van der Waals surface area contributed by atoms with Gasteiger partial charge in [-0.05, 0) is 70.4 Å². The molecule has 19 heavy (non-hydrogen) atoms. The van der Waals surface area contributed by atoms with Crippen molar-refractivity contribution in [2.45, 2.75) is 83.8 Å². The van der Waals surface area contributed by atoms with Gasteiger partial charge in [-0.3, -0.25) is 0 Å². The number of nitrogens with zero attached hydrogens (tertiary/aromatic N) is 1. The van der Waals surface area contributed by atoms with E-state index < -0.39 is 0 Å². The quantitative estimate of drug-likeness (QED) is 0.835. The summed E-state index contributed by atoms with van der Waals surface area (Å²) < 4.78 is 0. The Morgan fingerprint density at radius 1 is 0.895 bits per heavy atom. The maximum absolute atomic E-state index is 3.62. The third-order valence-electron chi connectivity index (χ3n) is 5.91. The van der Waals surface area contributed by atoms with Crippen molar-refractivity contribution in [3.63, 3.8) is 0 Å². The van der Waals surface area contributed by atoms with Crippen LogP contribution >= 0.6 is 0 Å². The SMILES string of the molecule is CCNC1CCC(N(C)C2CCC(C)C(C)C2)CC1. The molecule has 3 atom stereocenters. The molecular weight excluding hydrogens is 232 g/mol. The van der Waals surface area contributed by atoms with Crippen LogP contribution in [0.5, 0.6) is 0 Å². The minimum Gasteiger partial charge on any atom is -0.314 e. The molecule has 2 heteroatoms. The van der Waals surface area contributed by atoms with E-state index >= 15 is 0 Å². The summed E-state index contributed by atoms with van der Waals surface area (Å²) in [6.45, 7) is 8.24. The van der Waals surface area contributed by atoms with Gasteiger partial charge in [-0.1, -0.05) is 20.8 Å². The zero-order chi connectivity index (χ0) is 13.8. The van der Waals surface area contributed by atoms with E-state index in [0.29, 0.717) is 0 Å². The fourth-order valence-corrected chi connectivity index (χ4v) is 4.16. The fourth-order valence-electron chi connectivity index (χ4n) is 4.16. The summed E-state index contributed by atoms with van der Waals surface area (Å²) in [6, 6.07) is 2.49. The summed E-state index contributed by atoms with van der Waals surface area (Å²) in [4.78, 5) is 2.74. The van der Waals surface area contributed by atoms with Crippen molar-refractivity contribution in [1.82, 2.24) is 10.2 Å². The molecule has 0 heterocycles. The molecule has 2 fully saturated rings. The largest absolute Gasteiger partial charge is 0.314 e. The van der Waals surface area contributed by atoms with Gasteiger partial charge in [0.2, 0.25) is 0 Å². The molecular formula is C17H34N2. The topological polar surface area (TPSA) is 15.3 Å². The second-order valence-electron chi connectivity index (χ2n) is 7.15. The summed E-state index contributed by atoms with van der Waals surface area (Å²) >= 11 is 0. The van der Waals surface area contributed by atoms with Crippen molar-refractivity contribution in [3.05, 3.63) is 0 Å². The monoisotopic (exact) mass is 266 g/mol. The minimum atomic E-state index is 0.792. The van der Waals surface area contributed by atoms with Crippen LogP contribution in [0.15, 0.2) is 0 Å². The van der Waals surface area contributed by atoms with Gasteiger partial charge in [-0.2, -0.15) is 0 Å². The Bertz CT molecular complexity index is 258. The van der Waals surface area contributed by atoms with Gasteiger partial charge >= 0.3 is 0 Å². The molecule has 0 spiro atoms. The highest BCUT2D eigenvalue weighted by atomic mass is 15.2. The van der Waals surface area contributed by atoms with E-state index in [2.05, 4.69) is 38.0 Å². The van der Waals surface area contributed by atoms with Crippen LogP contribution in [-0.4, -0.2) is 36.6 Å². The van der Waals surface area contributed by atoms with Crippen molar-refractivity contribution in [3.8, 4) is 0 Å². The van der Waals surface area contributed by atoms with Crippen LogP contribution in [0.25, 0.3) is 0 Å². The summed E-state index contributed by atoms with van der Waals surface area (Å²) in [7, 11) is 2.39. The van der Waals surface area contributed by atoms with Gasteiger partial charge in [0.25, 0.3) is 0 Å². The minimum absolute atomic E-state index is 0.792. The van der Waals surface area contributed by atoms with Crippen LogP contribution < -0.4 is 5.32 Å². The van der Waals surface area contributed by atoms with Crippen molar-refractivity contribution in [1.29, 1.82) is 0 Å². The van der Waals surface area contributed by atoms with Crippen LogP contribution in [0.3, 0.4) is 0 Å². The third-order valence-corrected chi connectivity index (χ3v) is 5.91. The second-order valence-corrected chi connectivity index (χ2v) is 7.15. The summed E-state index contributed by atoms with van der Waals surface area (Å²) in [5, 5.41) is 3.62. The molecule has 0 aromatic carbocycles. The van der Waals surface area contributed by atoms with Crippen LogP contribution in [0.1, 0.15) is 65.7 Å². The van der Waals surface area contributed by atoms with Gasteiger partial charge in [0, 0.05) is 18.1 Å². The number of hydrogen-bond acceptors (Lipinski definition) is 2. The van der Waals surface area contributed by atoms with Crippen LogP contribution in [-0.2, 0) is 0 Å². The molecule has 3 unspecified atom stereocenters. The molecule has 0 bridgehead atoms. The highest BCUT2D eigenvalue weighted by Crippen LogP contribution is 2.34.